The van der Waals surface area contributed by atoms with E-state index in [2.05, 4.69) is 20.2 Å². The Kier molecular flexibility index (Phi) is 6.93. The predicted octanol–water partition coefficient (Wildman–Crippen LogP) is 1.20. The second kappa shape index (κ2) is 9.43. The summed E-state index contributed by atoms with van der Waals surface area (Å²) in [5, 5.41) is 6.40. The molecule has 1 unspecified atom stereocenters. The smallest absolute Gasteiger partial charge is 0.241 e. The molecule has 2 heterocycles. The zero-order valence-electron chi connectivity index (χ0n) is 17.2. The number of amides is 1. The van der Waals surface area contributed by atoms with E-state index in [1.54, 1.807) is 26.8 Å². The molecule has 1 aliphatic rings. The molecular formula is C19H26N4O6S. The first-order valence-corrected chi connectivity index (χ1v) is 11.2. The summed E-state index contributed by atoms with van der Waals surface area (Å²) >= 11 is 0. The van der Waals surface area contributed by atoms with Crippen LogP contribution in [0.3, 0.4) is 0 Å². The van der Waals surface area contributed by atoms with E-state index in [4.69, 9.17) is 14.0 Å². The highest BCUT2D eigenvalue weighted by Gasteiger charge is 2.29. The summed E-state index contributed by atoms with van der Waals surface area (Å²) in [5.41, 5.74) is 0. The number of aryl methyl sites for hydroxylation is 1. The molecular weight excluding hydrogens is 412 g/mol. The second-order valence-corrected chi connectivity index (χ2v) is 8.99. The summed E-state index contributed by atoms with van der Waals surface area (Å²) in [6.07, 6.45) is 1.07. The van der Waals surface area contributed by atoms with Crippen LogP contribution < -0.4 is 19.5 Å². The number of carbonyl (C=O) groups excluding carboxylic acids is 1. The number of sulfonamides is 1. The van der Waals surface area contributed by atoms with Crippen LogP contribution in [0.25, 0.3) is 0 Å². The number of benzene rings is 1. The Morgan fingerprint density at radius 1 is 1.20 bits per heavy atom. The first-order valence-electron chi connectivity index (χ1n) is 9.75. The minimum absolute atomic E-state index is 0.00605. The van der Waals surface area contributed by atoms with Crippen LogP contribution in [0.2, 0.25) is 0 Å². The van der Waals surface area contributed by atoms with E-state index in [0.717, 1.165) is 0 Å². The average molecular weight is 439 g/mol. The molecule has 2 aromatic rings. The summed E-state index contributed by atoms with van der Waals surface area (Å²) < 4.78 is 44.4. The van der Waals surface area contributed by atoms with Gasteiger partial charge in [0.05, 0.1) is 18.1 Å². The molecule has 1 aromatic carbocycles. The molecule has 2 N–H and O–H groups in total. The van der Waals surface area contributed by atoms with E-state index in [0.29, 0.717) is 49.3 Å². The summed E-state index contributed by atoms with van der Waals surface area (Å²) in [6.45, 7) is 6.44. The van der Waals surface area contributed by atoms with Gasteiger partial charge in [-0.2, -0.15) is 9.71 Å². The van der Waals surface area contributed by atoms with Crippen molar-refractivity contribution in [3.63, 3.8) is 0 Å². The van der Waals surface area contributed by atoms with Gasteiger partial charge < -0.3 is 19.3 Å². The Labute approximate surface area is 175 Å². The number of hydrogen-bond donors (Lipinski definition) is 2. The fourth-order valence-electron chi connectivity index (χ4n) is 2.88. The number of ether oxygens (including phenoxy) is 2. The summed E-state index contributed by atoms with van der Waals surface area (Å²) in [5.74, 6) is 1.09. The number of nitrogens with one attached hydrogen (secondary N) is 2. The number of hydrogen-bond acceptors (Lipinski definition) is 8. The molecule has 30 heavy (non-hydrogen) atoms. The van der Waals surface area contributed by atoms with E-state index in [9.17, 15) is 13.2 Å². The lowest BCUT2D eigenvalue weighted by atomic mass is 10.1. The lowest BCUT2D eigenvalue weighted by Gasteiger charge is -2.21. The van der Waals surface area contributed by atoms with Crippen LogP contribution in [0.1, 0.15) is 32.0 Å². The molecule has 1 amide bonds. The fraction of sp³-hybridized carbons (Fsp3) is 0.526. The molecule has 10 nitrogen and oxygen atoms in total. The van der Waals surface area contributed by atoms with E-state index < -0.39 is 22.0 Å². The Morgan fingerprint density at radius 2 is 1.93 bits per heavy atom. The van der Waals surface area contributed by atoms with Crippen molar-refractivity contribution >= 4 is 15.9 Å². The van der Waals surface area contributed by atoms with Gasteiger partial charge in [0.1, 0.15) is 6.04 Å². The van der Waals surface area contributed by atoms with Gasteiger partial charge in [0.25, 0.3) is 0 Å². The maximum absolute atomic E-state index is 12.9. The maximum atomic E-state index is 12.9. The fourth-order valence-corrected chi connectivity index (χ4v) is 4.24. The monoisotopic (exact) mass is 438 g/mol. The van der Waals surface area contributed by atoms with Crippen LogP contribution in [-0.4, -0.2) is 50.3 Å². The number of carbonyl (C=O) groups is 1. The molecule has 1 aliphatic heterocycles. The number of nitrogens with zero attached hydrogens (tertiary/aromatic N) is 2. The number of rotatable bonds is 8. The molecule has 0 saturated heterocycles. The Balaban J connectivity index is 1.67. The highest BCUT2D eigenvalue weighted by molar-refractivity contribution is 7.89. The Morgan fingerprint density at radius 3 is 2.60 bits per heavy atom. The van der Waals surface area contributed by atoms with Crippen molar-refractivity contribution in [2.75, 3.05) is 19.8 Å². The van der Waals surface area contributed by atoms with Gasteiger partial charge in [-0.15, -0.1) is 0 Å². The van der Waals surface area contributed by atoms with Crippen LogP contribution in [0.15, 0.2) is 27.6 Å². The summed E-state index contributed by atoms with van der Waals surface area (Å²) in [4.78, 5) is 16.7. The third-order valence-electron chi connectivity index (χ3n) is 4.47. The molecule has 0 radical (unpaired) electrons. The largest absolute Gasteiger partial charge is 0.490 e. The third-order valence-corrected chi connectivity index (χ3v) is 5.91. The predicted molar refractivity (Wildman–Crippen MR) is 107 cm³/mol. The number of fused-ring (bicyclic) bond motifs is 1. The minimum Gasteiger partial charge on any atom is -0.490 e. The average Bonchev–Trinajstić information content (AvgIpc) is 2.97. The van der Waals surface area contributed by atoms with Crippen LogP contribution in [0.4, 0.5) is 0 Å². The molecule has 1 atom stereocenters. The van der Waals surface area contributed by atoms with Gasteiger partial charge in [0.15, 0.2) is 17.3 Å². The van der Waals surface area contributed by atoms with Crippen molar-refractivity contribution in [1.29, 1.82) is 0 Å². The molecule has 11 heteroatoms. The molecule has 1 aromatic heterocycles. The van der Waals surface area contributed by atoms with Crippen molar-refractivity contribution in [3.8, 4) is 11.5 Å². The van der Waals surface area contributed by atoms with E-state index in [-0.39, 0.29) is 17.4 Å². The van der Waals surface area contributed by atoms with Crippen molar-refractivity contribution in [3.05, 3.63) is 29.9 Å². The van der Waals surface area contributed by atoms with Gasteiger partial charge in [-0.3, -0.25) is 4.79 Å². The third kappa shape index (κ3) is 5.48. The highest BCUT2D eigenvalue weighted by atomic mass is 32.2. The quantitative estimate of drug-likeness (QED) is 0.628. The summed E-state index contributed by atoms with van der Waals surface area (Å²) in [7, 11) is -3.96. The normalized spacial score (nSPS) is 14.9. The van der Waals surface area contributed by atoms with Crippen LogP contribution in [-0.2, 0) is 21.2 Å². The maximum Gasteiger partial charge on any atom is 0.241 e. The van der Waals surface area contributed by atoms with Crippen molar-refractivity contribution in [2.45, 2.75) is 44.6 Å². The molecule has 164 valence electrons. The Hall–Kier alpha value is -2.66. The van der Waals surface area contributed by atoms with Gasteiger partial charge in [0, 0.05) is 25.5 Å². The van der Waals surface area contributed by atoms with E-state index in [1.165, 1.54) is 12.1 Å². The molecule has 0 aliphatic carbocycles. The van der Waals surface area contributed by atoms with Crippen molar-refractivity contribution < 1.29 is 27.2 Å². The molecule has 0 saturated carbocycles. The van der Waals surface area contributed by atoms with Gasteiger partial charge in [-0.05, 0) is 25.0 Å². The highest BCUT2D eigenvalue weighted by Crippen LogP contribution is 2.32. The van der Waals surface area contributed by atoms with Crippen LogP contribution in [0.5, 0.6) is 11.5 Å². The standard InChI is InChI=1S/C19H26N4O6S/c1-12(2)18(19(24)20-8-7-17-21-13(3)22-29-17)23-30(25,26)14-5-6-15-16(11-14)28-10-4-9-27-15/h5-6,11-12,18,23H,4,7-10H2,1-3H3,(H,20,24). The van der Waals surface area contributed by atoms with Crippen LogP contribution in [0, 0.1) is 12.8 Å². The van der Waals surface area contributed by atoms with Crippen molar-refractivity contribution in [2.24, 2.45) is 5.92 Å². The topological polar surface area (TPSA) is 133 Å². The lowest BCUT2D eigenvalue weighted by molar-refractivity contribution is -0.123. The van der Waals surface area contributed by atoms with Gasteiger partial charge >= 0.3 is 0 Å². The molecule has 0 bridgehead atoms. The molecule has 3 rings (SSSR count). The summed E-state index contributed by atoms with van der Waals surface area (Å²) in [6, 6.07) is 3.46. The Bertz CT molecular complexity index is 989. The minimum atomic E-state index is -3.96. The first-order chi connectivity index (χ1) is 14.3. The van der Waals surface area contributed by atoms with Crippen LogP contribution >= 0.6 is 0 Å². The van der Waals surface area contributed by atoms with Crippen molar-refractivity contribution in [1.82, 2.24) is 20.2 Å². The zero-order chi connectivity index (χ0) is 21.7. The SMILES string of the molecule is Cc1noc(CCNC(=O)C(NS(=O)(=O)c2ccc3c(c2)OCCCO3)C(C)C)n1. The molecule has 0 spiro atoms. The first kappa shape index (κ1) is 22.0. The lowest BCUT2D eigenvalue weighted by Crippen LogP contribution is -2.49. The van der Waals surface area contributed by atoms with Gasteiger partial charge in [-0.1, -0.05) is 19.0 Å². The van der Waals surface area contributed by atoms with E-state index in [1.807, 2.05) is 0 Å². The van der Waals surface area contributed by atoms with Gasteiger partial charge in [0.2, 0.25) is 21.8 Å². The van der Waals surface area contributed by atoms with Gasteiger partial charge in [-0.25, -0.2) is 8.42 Å². The second-order valence-electron chi connectivity index (χ2n) is 7.28. The zero-order valence-corrected chi connectivity index (χ0v) is 18.0. The number of aromatic nitrogens is 2. The van der Waals surface area contributed by atoms with E-state index >= 15 is 0 Å². The molecule has 0 fully saturated rings.